The topological polar surface area (TPSA) is 74.8 Å². The molecule has 7 heteroatoms. The summed E-state index contributed by atoms with van der Waals surface area (Å²) in [5, 5.41) is -0.855. The maximum Gasteiger partial charge on any atom is 0.228 e. The minimum Gasteiger partial charge on any atom is -0.315 e. The molecule has 2 aromatic rings. The minimum atomic E-state index is -3.67. The molecule has 0 aliphatic carbocycles. The van der Waals surface area contributed by atoms with Gasteiger partial charge in [-0.1, -0.05) is 17.7 Å². The van der Waals surface area contributed by atoms with Crippen LogP contribution in [0.25, 0.3) is 0 Å². The maximum absolute atomic E-state index is 13.0. The Hall–Kier alpha value is -2.67. The predicted molar refractivity (Wildman–Crippen MR) is 114 cm³/mol. The lowest BCUT2D eigenvalue weighted by molar-refractivity contribution is -0.118. The summed E-state index contributed by atoms with van der Waals surface area (Å²) in [6, 6.07) is 12.4. The summed E-state index contributed by atoms with van der Waals surface area (Å²) in [5.41, 5.74) is 3.42. The number of hydrogen-bond acceptors (Lipinski definition) is 4. The van der Waals surface area contributed by atoms with Gasteiger partial charge in [0.25, 0.3) is 0 Å². The van der Waals surface area contributed by atoms with Gasteiger partial charge in [-0.05, 0) is 56.2 Å². The zero-order chi connectivity index (χ0) is 21.3. The van der Waals surface area contributed by atoms with Crippen molar-refractivity contribution in [2.45, 2.75) is 43.8 Å². The van der Waals surface area contributed by atoms with Gasteiger partial charge in [0, 0.05) is 38.3 Å². The number of sulfone groups is 1. The highest BCUT2D eigenvalue weighted by Gasteiger charge is 2.30. The summed E-state index contributed by atoms with van der Waals surface area (Å²) in [7, 11) is -2.02. The van der Waals surface area contributed by atoms with Crippen LogP contribution in [0.4, 0.5) is 11.4 Å². The zero-order valence-corrected chi connectivity index (χ0v) is 18.0. The van der Waals surface area contributed by atoms with Crippen molar-refractivity contribution >= 4 is 33.0 Å². The van der Waals surface area contributed by atoms with E-state index in [-0.39, 0.29) is 23.1 Å². The molecule has 0 aromatic heterocycles. The van der Waals surface area contributed by atoms with E-state index < -0.39 is 15.1 Å². The van der Waals surface area contributed by atoms with E-state index in [9.17, 15) is 18.0 Å². The van der Waals surface area contributed by atoms with Crippen LogP contribution in [0.3, 0.4) is 0 Å². The molecule has 1 atom stereocenters. The van der Waals surface area contributed by atoms with E-state index in [0.717, 1.165) is 22.5 Å². The average molecular weight is 415 g/mol. The van der Waals surface area contributed by atoms with Crippen LogP contribution in [0.15, 0.2) is 47.4 Å². The van der Waals surface area contributed by atoms with Crippen molar-refractivity contribution in [1.29, 1.82) is 0 Å². The summed E-state index contributed by atoms with van der Waals surface area (Å²) >= 11 is 0. The Morgan fingerprint density at radius 3 is 2.41 bits per heavy atom. The fraction of sp³-hybridized carbons (Fsp3) is 0.364. The third-order valence-electron chi connectivity index (χ3n) is 5.44. The van der Waals surface area contributed by atoms with E-state index in [1.807, 2.05) is 31.2 Å². The first-order valence-corrected chi connectivity index (χ1v) is 11.1. The van der Waals surface area contributed by atoms with Gasteiger partial charge in [-0.25, -0.2) is 8.42 Å². The van der Waals surface area contributed by atoms with Gasteiger partial charge in [0.1, 0.15) is 0 Å². The van der Waals surface area contributed by atoms with Crippen LogP contribution in [0.2, 0.25) is 0 Å². The Kier molecular flexibility index (Phi) is 5.80. The number of fused-ring (bicyclic) bond motifs is 1. The molecule has 0 saturated carbocycles. The smallest absolute Gasteiger partial charge is 0.228 e. The zero-order valence-electron chi connectivity index (χ0n) is 17.2. The third-order valence-corrected chi connectivity index (χ3v) is 7.58. The second-order valence-electron chi connectivity index (χ2n) is 7.56. The lowest BCUT2D eigenvalue weighted by atomic mass is 10.2. The molecule has 0 N–H and O–H groups in total. The Bertz CT molecular complexity index is 1040. The van der Waals surface area contributed by atoms with Crippen molar-refractivity contribution in [2.75, 3.05) is 23.4 Å². The van der Waals surface area contributed by atoms with Gasteiger partial charge in [-0.2, -0.15) is 0 Å². The van der Waals surface area contributed by atoms with E-state index in [1.165, 1.54) is 17.9 Å². The Morgan fingerprint density at radius 2 is 1.79 bits per heavy atom. The van der Waals surface area contributed by atoms with Crippen LogP contribution in [0, 0.1) is 6.92 Å². The molecule has 0 bridgehead atoms. The van der Waals surface area contributed by atoms with Gasteiger partial charge in [0.05, 0.1) is 10.1 Å². The van der Waals surface area contributed by atoms with Gasteiger partial charge in [0.2, 0.25) is 11.8 Å². The molecule has 1 heterocycles. The molecule has 0 fully saturated rings. The number of anilines is 2. The molecule has 0 radical (unpaired) electrons. The van der Waals surface area contributed by atoms with Crippen molar-refractivity contribution in [1.82, 2.24) is 0 Å². The van der Waals surface area contributed by atoms with E-state index in [2.05, 4.69) is 0 Å². The molecule has 0 spiro atoms. The lowest BCUT2D eigenvalue weighted by Crippen LogP contribution is -2.31. The standard InChI is InChI=1S/C22H26N2O4S/c1-15-5-7-19(8-6-15)23(4)22(26)13-16(2)29(27,28)20-9-10-21-18(14-20)11-12-24(21)17(3)25/h5-10,14,16H,11-13H2,1-4H3/t16-/m0/s1. The van der Waals surface area contributed by atoms with Gasteiger partial charge >= 0.3 is 0 Å². The molecule has 29 heavy (non-hydrogen) atoms. The van der Waals surface area contributed by atoms with Crippen LogP contribution in [0.5, 0.6) is 0 Å². The molecule has 154 valence electrons. The van der Waals surface area contributed by atoms with E-state index in [0.29, 0.717) is 13.0 Å². The van der Waals surface area contributed by atoms with Crippen LogP contribution in [-0.2, 0) is 25.8 Å². The Morgan fingerprint density at radius 1 is 1.14 bits per heavy atom. The molecule has 2 aromatic carbocycles. The van der Waals surface area contributed by atoms with Crippen LogP contribution in [-0.4, -0.2) is 39.1 Å². The molecule has 0 saturated heterocycles. The molecule has 2 amide bonds. The maximum atomic E-state index is 13.0. The normalized spacial score (nSPS) is 14.4. The van der Waals surface area contributed by atoms with Crippen molar-refractivity contribution in [3.8, 4) is 0 Å². The number of benzene rings is 2. The summed E-state index contributed by atoms with van der Waals surface area (Å²) in [4.78, 5) is 27.7. The number of rotatable bonds is 5. The highest BCUT2D eigenvalue weighted by molar-refractivity contribution is 7.92. The predicted octanol–water partition coefficient (Wildman–Crippen LogP) is 3.12. The third kappa shape index (κ3) is 4.19. The summed E-state index contributed by atoms with van der Waals surface area (Å²) in [6.07, 6.45) is 0.519. The Labute approximate surface area is 172 Å². The monoisotopic (exact) mass is 414 g/mol. The first-order valence-electron chi connectivity index (χ1n) is 9.59. The van der Waals surface area contributed by atoms with E-state index in [4.69, 9.17) is 0 Å². The van der Waals surface area contributed by atoms with Gasteiger partial charge in [-0.15, -0.1) is 0 Å². The van der Waals surface area contributed by atoms with Gasteiger partial charge < -0.3 is 9.80 Å². The van der Waals surface area contributed by atoms with Crippen molar-refractivity contribution in [3.63, 3.8) is 0 Å². The molecular formula is C22H26N2O4S. The largest absolute Gasteiger partial charge is 0.315 e. The number of hydrogen-bond donors (Lipinski definition) is 0. The first-order chi connectivity index (χ1) is 13.6. The number of carbonyl (C=O) groups excluding carboxylic acids is 2. The van der Waals surface area contributed by atoms with Crippen LogP contribution in [0.1, 0.15) is 31.4 Å². The summed E-state index contributed by atoms with van der Waals surface area (Å²) in [5.74, 6) is -0.314. The fourth-order valence-corrected chi connectivity index (χ4v) is 4.91. The lowest BCUT2D eigenvalue weighted by Gasteiger charge is -2.20. The van der Waals surface area contributed by atoms with Gasteiger partial charge in [-0.3, -0.25) is 9.59 Å². The first kappa shape index (κ1) is 21.0. The molecule has 1 aliphatic rings. The summed E-state index contributed by atoms with van der Waals surface area (Å²) in [6.45, 7) is 5.58. The second-order valence-corrected chi connectivity index (χ2v) is 9.93. The average Bonchev–Trinajstić information content (AvgIpc) is 3.11. The molecule has 6 nitrogen and oxygen atoms in total. The number of aryl methyl sites for hydroxylation is 1. The SMILES string of the molecule is CC(=O)N1CCc2cc(S(=O)(=O)[C@@H](C)CC(=O)N(C)c3ccc(C)cc3)ccc21. The minimum absolute atomic E-state index is 0.0579. The van der Waals surface area contributed by atoms with Crippen LogP contribution < -0.4 is 9.80 Å². The molecule has 0 unspecified atom stereocenters. The summed E-state index contributed by atoms with van der Waals surface area (Å²) < 4.78 is 26.1. The van der Waals surface area contributed by atoms with E-state index in [1.54, 1.807) is 31.0 Å². The molecule has 1 aliphatic heterocycles. The fourth-order valence-electron chi connectivity index (χ4n) is 3.52. The number of carbonyl (C=O) groups is 2. The quantitative estimate of drug-likeness (QED) is 0.753. The highest BCUT2D eigenvalue weighted by Crippen LogP contribution is 2.31. The van der Waals surface area contributed by atoms with Crippen molar-refractivity contribution in [3.05, 3.63) is 53.6 Å². The Balaban J connectivity index is 1.76. The van der Waals surface area contributed by atoms with Gasteiger partial charge in [0.15, 0.2) is 9.84 Å². The van der Waals surface area contributed by atoms with Crippen molar-refractivity contribution in [2.24, 2.45) is 0 Å². The van der Waals surface area contributed by atoms with E-state index >= 15 is 0 Å². The van der Waals surface area contributed by atoms with Crippen molar-refractivity contribution < 1.29 is 18.0 Å². The number of nitrogens with zero attached hydrogens (tertiary/aromatic N) is 2. The highest BCUT2D eigenvalue weighted by atomic mass is 32.2. The molecular weight excluding hydrogens is 388 g/mol. The van der Waals surface area contributed by atoms with Crippen LogP contribution >= 0.6 is 0 Å². The second kappa shape index (κ2) is 7.99. The number of amides is 2. The molecule has 3 rings (SSSR count).